The van der Waals surface area contributed by atoms with E-state index >= 15 is 0 Å². The largest absolute Gasteiger partial charge is 0.454 e. The van der Waals surface area contributed by atoms with Crippen molar-refractivity contribution in [2.75, 3.05) is 18.7 Å². The van der Waals surface area contributed by atoms with Crippen LogP contribution in [0.25, 0.3) is 0 Å². The van der Waals surface area contributed by atoms with Crippen molar-refractivity contribution in [3.63, 3.8) is 0 Å². The van der Waals surface area contributed by atoms with Gasteiger partial charge in [0.05, 0.1) is 16.8 Å². The van der Waals surface area contributed by atoms with Crippen molar-refractivity contribution in [2.45, 2.75) is 44.8 Å². The van der Waals surface area contributed by atoms with Gasteiger partial charge in [-0.25, -0.2) is 0 Å². The molecule has 2 aliphatic rings. The minimum atomic E-state index is 0.269. The van der Waals surface area contributed by atoms with E-state index in [2.05, 4.69) is 12.2 Å². The topological polar surface area (TPSA) is 39.7 Å². The molecule has 0 aliphatic carbocycles. The standard InChI is InChI=1S/C15H20ClNO3/c1-2-3-11-6-10(4-5-18-11)17-13-8-15-14(7-12(13)16)19-9-20-15/h7-8,10-11,17H,2-6,9H2,1H3. The highest BCUT2D eigenvalue weighted by Gasteiger charge is 2.23. The van der Waals surface area contributed by atoms with Crippen LogP contribution in [0, 0.1) is 0 Å². The van der Waals surface area contributed by atoms with Crippen LogP contribution < -0.4 is 14.8 Å². The van der Waals surface area contributed by atoms with E-state index in [0.29, 0.717) is 17.2 Å². The van der Waals surface area contributed by atoms with Crippen molar-refractivity contribution in [3.05, 3.63) is 17.2 Å². The summed E-state index contributed by atoms with van der Waals surface area (Å²) in [7, 11) is 0. The third-order valence-corrected chi connectivity index (χ3v) is 4.11. The van der Waals surface area contributed by atoms with Crippen LogP contribution in [0.1, 0.15) is 32.6 Å². The lowest BCUT2D eigenvalue weighted by Crippen LogP contribution is -2.34. The van der Waals surface area contributed by atoms with Crippen molar-refractivity contribution < 1.29 is 14.2 Å². The molecule has 1 N–H and O–H groups in total. The zero-order valence-electron chi connectivity index (χ0n) is 11.7. The van der Waals surface area contributed by atoms with Gasteiger partial charge in [-0.3, -0.25) is 0 Å². The van der Waals surface area contributed by atoms with Crippen LogP contribution in [0.5, 0.6) is 11.5 Å². The first-order valence-corrected chi connectivity index (χ1v) is 7.61. The van der Waals surface area contributed by atoms with Crippen LogP contribution in [0.3, 0.4) is 0 Å². The van der Waals surface area contributed by atoms with Crippen molar-refractivity contribution in [1.29, 1.82) is 0 Å². The maximum Gasteiger partial charge on any atom is 0.231 e. The predicted octanol–water partition coefficient (Wildman–Crippen LogP) is 3.83. The Bertz CT molecular complexity index is 478. The zero-order valence-corrected chi connectivity index (χ0v) is 12.4. The van der Waals surface area contributed by atoms with Crippen molar-refractivity contribution >= 4 is 17.3 Å². The van der Waals surface area contributed by atoms with Crippen LogP contribution in [-0.2, 0) is 4.74 Å². The summed E-state index contributed by atoms with van der Waals surface area (Å²) in [5.41, 5.74) is 0.915. The fraction of sp³-hybridized carbons (Fsp3) is 0.600. The zero-order chi connectivity index (χ0) is 13.9. The van der Waals surface area contributed by atoms with Gasteiger partial charge >= 0.3 is 0 Å². The molecule has 0 spiro atoms. The van der Waals surface area contributed by atoms with E-state index in [4.69, 9.17) is 25.8 Å². The fourth-order valence-corrected chi connectivity index (χ4v) is 2.99. The van der Waals surface area contributed by atoms with Crippen molar-refractivity contribution in [1.82, 2.24) is 0 Å². The molecule has 0 saturated carbocycles. The molecule has 0 bridgehead atoms. The van der Waals surface area contributed by atoms with Gasteiger partial charge < -0.3 is 19.5 Å². The average Bonchev–Trinajstić information content (AvgIpc) is 2.87. The van der Waals surface area contributed by atoms with E-state index in [-0.39, 0.29) is 6.79 Å². The Morgan fingerprint density at radius 3 is 2.90 bits per heavy atom. The Morgan fingerprint density at radius 1 is 1.30 bits per heavy atom. The van der Waals surface area contributed by atoms with E-state index in [1.54, 1.807) is 0 Å². The summed E-state index contributed by atoms with van der Waals surface area (Å²) in [6.45, 7) is 3.27. The summed E-state index contributed by atoms with van der Waals surface area (Å²) in [6, 6.07) is 4.14. The molecule has 1 aromatic carbocycles. The number of rotatable bonds is 4. The van der Waals surface area contributed by atoms with E-state index in [9.17, 15) is 0 Å². The monoisotopic (exact) mass is 297 g/mol. The first-order chi connectivity index (χ1) is 9.76. The van der Waals surface area contributed by atoms with Crippen LogP contribution in [0.4, 0.5) is 5.69 Å². The third kappa shape index (κ3) is 2.96. The highest BCUT2D eigenvalue weighted by Crippen LogP contribution is 2.39. The Labute approximate surface area is 124 Å². The Hall–Kier alpha value is -1.13. The number of halogens is 1. The average molecular weight is 298 g/mol. The maximum atomic E-state index is 6.30. The summed E-state index contributed by atoms with van der Waals surface area (Å²) < 4.78 is 16.5. The molecule has 0 amide bonds. The second kappa shape index (κ2) is 6.10. The van der Waals surface area contributed by atoms with Gasteiger partial charge in [0.25, 0.3) is 0 Å². The highest BCUT2D eigenvalue weighted by molar-refractivity contribution is 6.33. The van der Waals surface area contributed by atoms with Crippen LogP contribution in [0.15, 0.2) is 12.1 Å². The van der Waals surface area contributed by atoms with Crippen LogP contribution in [0.2, 0.25) is 5.02 Å². The van der Waals surface area contributed by atoms with Gasteiger partial charge in [0, 0.05) is 24.8 Å². The number of hydrogen-bond donors (Lipinski definition) is 1. The molecular formula is C15H20ClNO3. The minimum Gasteiger partial charge on any atom is -0.454 e. The van der Waals surface area contributed by atoms with Crippen molar-refractivity contribution in [3.8, 4) is 11.5 Å². The molecule has 20 heavy (non-hydrogen) atoms. The molecule has 2 unspecified atom stereocenters. The SMILES string of the molecule is CCCC1CC(Nc2cc3c(cc2Cl)OCO3)CCO1. The molecule has 1 aromatic rings. The summed E-state index contributed by atoms with van der Waals surface area (Å²) in [6.07, 6.45) is 4.66. The third-order valence-electron chi connectivity index (χ3n) is 3.80. The number of anilines is 1. The van der Waals surface area contributed by atoms with E-state index < -0.39 is 0 Å². The quantitative estimate of drug-likeness (QED) is 0.917. The van der Waals surface area contributed by atoms with Gasteiger partial charge in [0.1, 0.15) is 0 Å². The Morgan fingerprint density at radius 2 is 2.10 bits per heavy atom. The summed E-state index contributed by atoms with van der Waals surface area (Å²) >= 11 is 6.30. The second-order valence-corrected chi connectivity index (χ2v) is 5.74. The molecule has 2 atom stereocenters. The van der Waals surface area contributed by atoms with Gasteiger partial charge in [-0.05, 0) is 19.3 Å². The van der Waals surface area contributed by atoms with Crippen LogP contribution in [-0.4, -0.2) is 25.5 Å². The molecule has 2 heterocycles. The minimum absolute atomic E-state index is 0.269. The molecule has 4 nitrogen and oxygen atoms in total. The van der Waals surface area contributed by atoms with Gasteiger partial charge in [-0.2, -0.15) is 0 Å². The molecule has 0 aromatic heterocycles. The molecular weight excluding hydrogens is 278 g/mol. The maximum absolute atomic E-state index is 6.30. The van der Waals surface area contributed by atoms with Gasteiger partial charge in [-0.1, -0.05) is 24.9 Å². The number of hydrogen-bond acceptors (Lipinski definition) is 4. The van der Waals surface area contributed by atoms with Crippen LogP contribution >= 0.6 is 11.6 Å². The first kappa shape index (κ1) is 13.8. The first-order valence-electron chi connectivity index (χ1n) is 7.23. The Kier molecular flexibility index (Phi) is 4.22. The van der Waals surface area contributed by atoms with Crippen molar-refractivity contribution in [2.24, 2.45) is 0 Å². The lowest BCUT2D eigenvalue weighted by Gasteiger charge is -2.31. The van der Waals surface area contributed by atoms with E-state index in [1.165, 1.54) is 0 Å². The van der Waals surface area contributed by atoms with E-state index in [0.717, 1.165) is 49.5 Å². The Balaban J connectivity index is 1.68. The predicted molar refractivity (Wildman–Crippen MR) is 78.9 cm³/mol. The highest BCUT2D eigenvalue weighted by atomic mass is 35.5. The second-order valence-electron chi connectivity index (χ2n) is 5.33. The molecule has 3 rings (SSSR count). The number of benzene rings is 1. The molecule has 1 fully saturated rings. The lowest BCUT2D eigenvalue weighted by molar-refractivity contribution is 0.00598. The molecule has 0 radical (unpaired) electrons. The molecule has 5 heteroatoms. The van der Waals surface area contributed by atoms with Gasteiger partial charge in [0.2, 0.25) is 6.79 Å². The lowest BCUT2D eigenvalue weighted by atomic mass is 10.00. The van der Waals surface area contributed by atoms with E-state index in [1.807, 2.05) is 12.1 Å². The van der Waals surface area contributed by atoms with Gasteiger partial charge in [-0.15, -0.1) is 0 Å². The normalized spacial score (nSPS) is 24.7. The summed E-state index contributed by atoms with van der Waals surface area (Å²) in [4.78, 5) is 0. The summed E-state index contributed by atoms with van der Waals surface area (Å²) in [5.74, 6) is 1.48. The molecule has 110 valence electrons. The number of nitrogens with one attached hydrogen (secondary N) is 1. The van der Waals surface area contributed by atoms with Gasteiger partial charge in [0.15, 0.2) is 11.5 Å². The molecule has 1 saturated heterocycles. The fourth-order valence-electron chi connectivity index (χ4n) is 2.78. The number of ether oxygens (including phenoxy) is 3. The number of fused-ring (bicyclic) bond motifs is 1. The molecule has 2 aliphatic heterocycles. The smallest absolute Gasteiger partial charge is 0.231 e. The summed E-state index contributed by atoms with van der Waals surface area (Å²) in [5, 5.41) is 4.19.